The molecular formula is C7H10Be. The molecule has 0 saturated carbocycles. The molecule has 40 valence electrons. The Morgan fingerprint density at radius 2 is 1.50 bits per heavy atom. The Balaban J connectivity index is 0.000000490. The van der Waals surface area contributed by atoms with E-state index in [9.17, 15) is 0 Å². The van der Waals surface area contributed by atoms with Gasteiger partial charge in [-0.1, -0.05) is 35.9 Å². The van der Waals surface area contributed by atoms with Gasteiger partial charge in [0, 0.05) is 0 Å². The van der Waals surface area contributed by atoms with Crippen LogP contribution in [0.5, 0.6) is 0 Å². The van der Waals surface area contributed by atoms with Gasteiger partial charge in [0.2, 0.25) is 0 Å². The molecule has 0 N–H and O–H groups in total. The van der Waals surface area contributed by atoms with Crippen LogP contribution in [0.25, 0.3) is 0 Å². The maximum absolute atomic E-state index is 2.08. The molecule has 1 heteroatoms. The second-order valence-electron chi connectivity index (χ2n) is 1.65. The van der Waals surface area contributed by atoms with Gasteiger partial charge in [0.25, 0.3) is 0 Å². The molecule has 1 aromatic rings. The van der Waals surface area contributed by atoms with Crippen molar-refractivity contribution in [3.8, 4) is 0 Å². The van der Waals surface area contributed by atoms with Crippen molar-refractivity contribution in [2.24, 2.45) is 0 Å². The summed E-state index contributed by atoms with van der Waals surface area (Å²) in [5.41, 5.74) is 1.32. The van der Waals surface area contributed by atoms with Gasteiger partial charge in [0.05, 0.1) is 0 Å². The predicted molar refractivity (Wildman–Crippen MR) is 39.7 cm³/mol. The first-order valence-electron chi connectivity index (χ1n) is 2.41. The van der Waals surface area contributed by atoms with Crippen molar-refractivity contribution >= 4 is 10.1 Å². The molecule has 0 heterocycles. The van der Waals surface area contributed by atoms with E-state index in [1.54, 1.807) is 0 Å². The van der Waals surface area contributed by atoms with Crippen molar-refractivity contribution in [1.82, 2.24) is 0 Å². The molecule has 1 rings (SSSR count). The number of rotatable bonds is 0. The summed E-state index contributed by atoms with van der Waals surface area (Å²) >= 11 is 0. The van der Waals surface area contributed by atoms with Crippen LogP contribution in [0.4, 0.5) is 0 Å². The number of aryl methyl sites for hydroxylation is 1. The van der Waals surface area contributed by atoms with Gasteiger partial charge in [0.15, 0.2) is 0 Å². The van der Waals surface area contributed by atoms with Crippen LogP contribution in [0.1, 0.15) is 5.56 Å². The fourth-order valence-electron chi connectivity index (χ4n) is 0.534. The van der Waals surface area contributed by atoms with E-state index < -0.39 is 0 Å². The Labute approximate surface area is 53.8 Å². The first kappa shape index (κ1) is 7.39. The molecule has 8 heavy (non-hydrogen) atoms. The molecule has 0 aliphatic carbocycles. The Bertz CT molecular complexity index is 134. The molecule has 0 aromatic heterocycles. The van der Waals surface area contributed by atoms with E-state index in [1.165, 1.54) is 5.56 Å². The summed E-state index contributed by atoms with van der Waals surface area (Å²) in [7, 11) is 0. The third-order valence-electron chi connectivity index (χ3n) is 0.940. The van der Waals surface area contributed by atoms with Crippen molar-refractivity contribution in [2.75, 3.05) is 0 Å². The zero-order valence-electron chi connectivity index (χ0n) is 4.39. The van der Waals surface area contributed by atoms with E-state index in [0.717, 1.165) is 0 Å². The Morgan fingerprint density at radius 3 is 1.75 bits per heavy atom. The first-order valence-corrected chi connectivity index (χ1v) is 2.41. The molecule has 0 aliphatic rings. The molecule has 0 radical (unpaired) electrons. The van der Waals surface area contributed by atoms with E-state index >= 15 is 0 Å². The Kier molecular flexibility index (Phi) is 3.14. The Morgan fingerprint density at radius 1 is 1.00 bits per heavy atom. The average Bonchev–Trinajstić information content (AvgIpc) is 1.69. The summed E-state index contributed by atoms with van der Waals surface area (Å²) in [6, 6.07) is 10.3. The van der Waals surface area contributed by atoms with Crippen molar-refractivity contribution in [3.63, 3.8) is 0 Å². The van der Waals surface area contributed by atoms with Gasteiger partial charge >= 0.3 is 10.1 Å². The van der Waals surface area contributed by atoms with Crippen LogP contribution in [0.15, 0.2) is 30.3 Å². The summed E-state index contributed by atoms with van der Waals surface area (Å²) in [6.45, 7) is 2.08. The zero-order chi connectivity index (χ0) is 5.11. The van der Waals surface area contributed by atoms with E-state index in [-0.39, 0.29) is 10.1 Å². The number of hydrogen-bond donors (Lipinski definition) is 0. The normalized spacial score (nSPS) is 7.62. The molecule has 0 aliphatic heterocycles. The van der Waals surface area contributed by atoms with Crippen LogP contribution in [0.3, 0.4) is 0 Å². The molecule has 0 atom stereocenters. The molecule has 0 nitrogen and oxygen atoms in total. The molecule has 0 amide bonds. The van der Waals surface area contributed by atoms with Crippen LogP contribution in [0, 0.1) is 6.92 Å². The summed E-state index contributed by atoms with van der Waals surface area (Å²) in [6.07, 6.45) is 0. The fourth-order valence-corrected chi connectivity index (χ4v) is 0.534. The second kappa shape index (κ2) is 3.40. The molecule has 0 fully saturated rings. The van der Waals surface area contributed by atoms with Crippen molar-refractivity contribution in [1.29, 1.82) is 0 Å². The minimum absolute atomic E-state index is 0. The van der Waals surface area contributed by atoms with Gasteiger partial charge in [0.1, 0.15) is 0 Å². The first-order chi connectivity index (χ1) is 3.39. The van der Waals surface area contributed by atoms with Gasteiger partial charge in [-0.25, -0.2) is 0 Å². The van der Waals surface area contributed by atoms with E-state index in [2.05, 4.69) is 19.1 Å². The van der Waals surface area contributed by atoms with Gasteiger partial charge < -0.3 is 0 Å². The van der Waals surface area contributed by atoms with Crippen molar-refractivity contribution in [2.45, 2.75) is 6.92 Å². The maximum atomic E-state index is 2.08. The molecular weight excluding hydrogens is 93.1 g/mol. The van der Waals surface area contributed by atoms with Crippen molar-refractivity contribution < 1.29 is 0 Å². The topological polar surface area (TPSA) is 0 Å². The molecule has 0 spiro atoms. The predicted octanol–water partition coefficient (Wildman–Crippen LogP) is 1.08. The van der Waals surface area contributed by atoms with Crippen LogP contribution in [-0.2, 0) is 0 Å². The van der Waals surface area contributed by atoms with Gasteiger partial charge in [-0.05, 0) is 6.92 Å². The second-order valence-corrected chi connectivity index (χ2v) is 1.65. The molecule has 0 bridgehead atoms. The van der Waals surface area contributed by atoms with Crippen molar-refractivity contribution in [3.05, 3.63) is 35.9 Å². The van der Waals surface area contributed by atoms with E-state index in [1.807, 2.05) is 18.2 Å². The molecule has 1 aromatic carbocycles. The quantitative estimate of drug-likeness (QED) is 0.431. The van der Waals surface area contributed by atoms with Crippen LogP contribution >= 0.6 is 0 Å². The van der Waals surface area contributed by atoms with E-state index in [4.69, 9.17) is 0 Å². The monoisotopic (exact) mass is 103 g/mol. The van der Waals surface area contributed by atoms with Crippen LogP contribution in [-0.4, -0.2) is 10.1 Å². The summed E-state index contributed by atoms with van der Waals surface area (Å²) < 4.78 is 0. The summed E-state index contributed by atoms with van der Waals surface area (Å²) in [5.74, 6) is 0. The third-order valence-corrected chi connectivity index (χ3v) is 0.940. The Hall–Kier alpha value is -0.611. The van der Waals surface area contributed by atoms with Gasteiger partial charge in [-0.2, -0.15) is 0 Å². The van der Waals surface area contributed by atoms with Crippen LogP contribution in [0.2, 0.25) is 0 Å². The van der Waals surface area contributed by atoms with Crippen LogP contribution < -0.4 is 0 Å². The average molecular weight is 103 g/mol. The summed E-state index contributed by atoms with van der Waals surface area (Å²) in [5, 5.41) is 0. The van der Waals surface area contributed by atoms with Gasteiger partial charge in [-0.3, -0.25) is 0 Å². The standard InChI is InChI=1S/C7H8.Be.2H/c1-7-5-3-2-4-6-7;;;/h2-6H,1H3;;;. The minimum atomic E-state index is 0. The zero-order valence-corrected chi connectivity index (χ0v) is 4.39. The van der Waals surface area contributed by atoms with E-state index in [0.29, 0.717) is 0 Å². The van der Waals surface area contributed by atoms with Gasteiger partial charge in [-0.15, -0.1) is 0 Å². The molecule has 0 unspecified atom stereocenters. The number of benzene rings is 1. The number of hydrogen-bond acceptors (Lipinski definition) is 0. The molecule has 0 saturated heterocycles. The summed E-state index contributed by atoms with van der Waals surface area (Å²) in [4.78, 5) is 0. The fraction of sp³-hybridized carbons (Fsp3) is 0.143. The third kappa shape index (κ3) is 1.90. The SMILES string of the molecule is Cc1ccccc1.[BeH2].